The highest BCUT2D eigenvalue weighted by molar-refractivity contribution is 5.62. The number of hydrogen-bond acceptors (Lipinski definition) is 5. The summed E-state index contributed by atoms with van der Waals surface area (Å²) in [5.41, 5.74) is 7.85. The monoisotopic (exact) mass is 296 g/mol. The van der Waals surface area contributed by atoms with Gasteiger partial charge in [-0.25, -0.2) is 0 Å². The predicted octanol–water partition coefficient (Wildman–Crippen LogP) is 1.92. The molecule has 120 valence electrons. The highest BCUT2D eigenvalue weighted by Crippen LogP contribution is 2.35. The number of likely N-dealkylation sites (N-methyl/N-ethyl adjacent to an activating group) is 1. The summed E-state index contributed by atoms with van der Waals surface area (Å²) in [5.74, 6) is 1.36. The van der Waals surface area contributed by atoms with Crippen molar-refractivity contribution in [2.45, 2.75) is 26.7 Å². The van der Waals surface area contributed by atoms with Crippen molar-refractivity contribution in [1.82, 2.24) is 4.90 Å². The standard InChI is InChI=1S/C16H28N2O3/c1-4-20-15-12-13(7-6-8-18(3)9-10-19)11-14(17)16(15)21-5-2/h11-12,19H,4-10,17H2,1-3H3. The second-order valence-corrected chi connectivity index (χ2v) is 5.01. The molecule has 0 saturated carbocycles. The van der Waals surface area contributed by atoms with E-state index >= 15 is 0 Å². The second-order valence-electron chi connectivity index (χ2n) is 5.01. The molecule has 0 atom stereocenters. The Balaban J connectivity index is 2.70. The van der Waals surface area contributed by atoms with Crippen LogP contribution in [0.5, 0.6) is 11.5 Å². The molecule has 0 saturated heterocycles. The molecule has 21 heavy (non-hydrogen) atoms. The third-order valence-electron chi connectivity index (χ3n) is 3.22. The Morgan fingerprint density at radius 3 is 2.48 bits per heavy atom. The Morgan fingerprint density at radius 2 is 1.86 bits per heavy atom. The molecule has 0 heterocycles. The van der Waals surface area contributed by atoms with Crippen LogP contribution in [-0.2, 0) is 6.42 Å². The maximum absolute atomic E-state index is 8.88. The van der Waals surface area contributed by atoms with Gasteiger partial charge in [0.1, 0.15) is 0 Å². The molecular formula is C16H28N2O3. The minimum atomic E-state index is 0.195. The van der Waals surface area contributed by atoms with E-state index in [0.29, 0.717) is 31.2 Å². The maximum atomic E-state index is 8.88. The number of ether oxygens (including phenoxy) is 2. The first kappa shape index (κ1) is 17.6. The van der Waals surface area contributed by atoms with Crippen molar-refractivity contribution in [3.05, 3.63) is 17.7 Å². The molecule has 0 aromatic heterocycles. The van der Waals surface area contributed by atoms with E-state index in [1.54, 1.807) is 0 Å². The van der Waals surface area contributed by atoms with Crippen LogP contribution in [0.1, 0.15) is 25.8 Å². The summed E-state index contributed by atoms with van der Waals surface area (Å²) in [6, 6.07) is 3.97. The molecule has 0 bridgehead atoms. The van der Waals surface area contributed by atoms with Gasteiger partial charge in [0.25, 0.3) is 0 Å². The molecule has 0 fully saturated rings. The quantitative estimate of drug-likeness (QED) is 0.646. The zero-order valence-corrected chi connectivity index (χ0v) is 13.4. The summed E-state index contributed by atoms with van der Waals surface area (Å²) in [7, 11) is 2.01. The maximum Gasteiger partial charge on any atom is 0.184 e. The van der Waals surface area contributed by atoms with Crippen LogP contribution in [0.4, 0.5) is 5.69 Å². The minimum Gasteiger partial charge on any atom is -0.490 e. The molecule has 5 nitrogen and oxygen atoms in total. The average molecular weight is 296 g/mol. The number of rotatable bonds is 10. The molecule has 0 unspecified atom stereocenters. The Morgan fingerprint density at radius 1 is 1.14 bits per heavy atom. The summed E-state index contributed by atoms with van der Waals surface area (Å²) >= 11 is 0. The van der Waals surface area contributed by atoms with Gasteiger partial charge in [0, 0.05) is 6.54 Å². The Hall–Kier alpha value is -1.46. The number of benzene rings is 1. The van der Waals surface area contributed by atoms with Gasteiger partial charge in [-0.1, -0.05) is 0 Å². The van der Waals surface area contributed by atoms with Crippen molar-refractivity contribution in [2.24, 2.45) is 0 Å². The number of aliphatic hydroxyl groups excluding tert-OH is 1. The molecule has 3 N–H and O–H groups in total. The van der Waals surface area contributed by atoms with Crippen LogP contribution in [0.2, 0.25) is 0 Å². The molecule has 0 spiro atoms. The normalized spacial score (nSPS) is 10.9. The van der Waals surface area contributed by atoms with Crippen LogP contribution in [0.15, 0.2) is 12.1 Å². The minimum absolute atomic E-state index is 0.195. The number of aliphatic hydroxyl groups is 1. The lowest BCUT2D eigenvalue weighted by Gasteiger charge is -2.17. The molecule has 0 aliphatic heterocycles. The van der Waals surface area contributed by atoms with Crippen LogP contribution >= 0.6 is 0 Å². The van der Waals surface area contributed by atoms with Crippen molar-refractivity contribution in [3.63, 3.8) is 0 Å². The van der Waals surface area contributed by atoms with Crippen molar-refractivity contribution >= 4 is 5.69 Å². The Bertz CT molecular complexity index is 424. The zero-order chi connectivity index (χ0) is 15.7. The lowest BCUT2D eigenvalue weighted by molar-refractivity contribution is 0.220. The third-order valence-corrected chi connectivity index (χ3v) is 3.22. The highest BCUT2D eigenvalue weighted by atomic mass is 16.5. The van der Waals surface area contributed by atoms with E-state index in [-0.39, 0.29) is 6.61 Å². The zero-order valence-electron chi connectivity index (χ0n) is 13.4. The van der Waals surface area contributed by atoms with Gasteiger partial charge >= 0.3 is 0 Å². The number of nitrogen functional groups attached to an aromatic ring is 1. The van der Waals surface area contributed by atoms with E-state index in [2.05, 4.69) is 4.90 Å². The highest BCUT2D eigenvalue weighted by Gasteiger charge is 2.11. The van der Waals surface area contributed by atoms with Crippen LogP contribution in [0.3, 0.4) is 0 Å². The number of nitrogens with two attached hydrogens (primary N) is 1. The summed E-state index contributed by atoms with van der Waals surface area (Å²) < 4.78 is 11.2. The first-order valence-corrected chi connectivity index (χ1v) is 7.59. The summed E-state index contributed by atoms with van der Waals surface area (Å²) in [5, 5.41) is 8.88. The first-order valence-electron chi connectivity index (χ1n) is 7.59. The fourth-order valence-corrected chi connectivity index (χ4v) is 2.22. The van der Waals surface area contributed by atoms with E-state index in [1.165, 1.54) is 0 Å². The summed E-state index contributed by atoms with van der Waals surface area (Å²) in [4.78, 5) is 2.11. The molecule has 0 radical (unpaired) electrons. The van der Waals surface area contributed by atoms with Gasteiger partial charge < -0.3 is 25.2 Å². The number of anilines is 1. The Labute approximate surface area is 127 Å². The molecule has 1 aromatic rings. The van der Waals surface area contributed by atoms with Crippen molar-refractivity contribution in [3.8, 4) is 11.5 Å². The summed E-state index contributed by atoms with van der Waals surface area (Å²) in [6.07, 6.45) is 1.93. The SMILES string of the molecule is CCOc1cc(CCCN(C)CCO)cc(N)c1OCC. The Kier molecular flexibility index (Phi) is 7.93. The van der Waals surface area contributed by atoms with Gasteiger partial charge in [-0.05, 0) is 58.0 Å². The van der Waals surface area contributed by atoms with Crippen LogP contribution < -0.4 is 15.2 Å². The molecule has 0 amide bonds. The molecular weight excluding hydrogens is 268 g/mol. The summed E-state index contributed by atoms with van der Waals surface area (Å²) in [6.45, 7) is 6.87. The van der Waals surface area contributed by atoms with E-state index in [0.717, 1.165) is 30.7 Å². The van der Waals surface area contributed by atoms with E-state index in [1.807, 2.05) is 33.0 Å². The lowest BCUT2D eigenvalue weighted by Crippen LogP contribution is -2.23. The van der Waals surface area contributed by atoms with Crippen molar-refractivity contribution in [2.75, 3.05) is 45.7 Å². The first-order chi connectivity index (χ1) is 10.1. The third kappa shape index (κ3) is 5.81. The fourth-order valence-electron chi connectivity index (χ4n) is 2.22. The number of aryl methyl sites for hydroxylation is 1. The topological polar surface area (TPSA) is 68.0 Å². The van der Waals surface area contributed by atoms with Crippen LogP contribution in [-0.4, -0.2) is 50.0 Å². The fraction of sp³-hybridized carbons (Fsp3) is 0.625. The van der Waals surface area contributed by atoms with Gasteiger partial charge in [0.15, 0.2) is 11.5 Å². The van der Waals surface area contributed by atoms with Crippen LogP contribution in [0.25, 0.3) is 0 Å². The molecule has 5 heteroatoms. The lowest BCUT2D eigenvalue weighted by atomic mass is 10.1. The largest absolute Gasteiger partial charge is 0.490 e. The average Bonchev–Trinajstić information content (AvgIpc) is 2.43. The smallest absolute Gasteiger partial charge is 0.184 e. The van der Waals surface area contributed by atoms with Crippen molar-refractivity contribution < 1.29 is 14.6 Å². The number of nitrogens with zero attached hydrogens (tertiary/aromatic N) is 1. The van der Waals surface area contributed by atoms with E-state index < -0.39 is 0 Å². The number of hydrogen-bond donors (Lipinski definition) is 2. The predicted molar refractivity (Wildman–Crippen MR) is 86.1 cm³/mol. The van der Waals surface area contributed by atoms with Crippen LogP contribution in [0, 0.1) is 0 Å². The molecule has 0 aliphatic carbocycles. The van der Waals surface area contributed by atoms with Gasteiger partial charge in [0.2, 0.25) is 0 Å². The molecule has 1 aromatic carbocycles. The van der Waals surface area contributed by atoms with Gasteiger partial charge in [-0.2, -0.15) is 0 Å². The van der Waals surface area contributed by atoms with Gasteiger partial charge in [-0.3, -0.25) is 0 Å². The molecule has 0 aliphatic rings. The second kappa shape index (κ2) is 9.47. The van der Waals surface area contributed by atoms with E-state index in [4.69, 9.17) is 20.3 Å². The van der Waals surface area contributed by atoms with E-state index in [9.17, 15) is 0 Å². The van der Waals surface area contributed by atoms with Crippen molar-refractivity contribution in [1.29, 1.82) is 0 Å². The van der Waals surface area contributed by atoms with Gasteiger partial charge in [-0.15, -0.1) is 0 Å². The van der Waals surface area contributed by atoms with Gasteiger partial charge in [0.05, 0.1) is 25.5 Å². The molecule has 1 rings (SSSR count).